The van der Waals surface area contributed by atoms with Gasteiger partial charge in [-0.25, -0.2) is 0 Å². The third-order valence-corrected chi connectivity index (χ3v) is 2.64. The number of nitrogens with two attached hydrogens (primary N) is 1. The Bertz CT molecular complexity index is 484. The molecule has 0 bridgehead atoms. The molecule has 104 valence electrons. The average molecular weight is 274 g/mol. The molecule has 2 rings (SSSR count). The van der Waals surface area contributed by atoms with E-state index in [2.05, 4.69) is 5.32 Å². The first-order valence-electron chi connectivity index (χ1n) is 5.75. The summed E-state index contributed by atoms with van der Waals surface area (Å²) in [5, 5.41) is 2.70. The molecule has 19 heavy (non-hydrogen) atoms. The maximum Gasteiger partial charge on any atom is 0.418 e. The van der Waals surface area contributed by atoms with Crippen LogP contribution in [-0.4, -0.2) is 18.6 Å². The van der Waals surface area contributed by atoms with Gasteiger partial charge in [0.25, 0.3) is 5.91 Å². The zero-order valence-electron chi connectivity index (χ0n) is 9.96. The molecule has 0 aromatic heterocycles. The number of amides is 1. The Morgan fingerprint density at radius 2 is 2.11 bits per heavy atom. The summed E-state index contributed by atoms with van der Waals surface area (Å²) in [7, 11) is 0. The van der Waals surface area contributed by atoms with Crippen LogP contribution in [0.1, 0.15) is 18.4 Å². The third kappa shape index (κ3) is 3.77. The number of ether oxygens (including phenoxy) is 1. The van der Waals surface area contributed by atoms with Gasteiger partial charge in [-0.3, -0.25) is 4.79 Å². The summed E-state index contributed by atoms with van der Waals surface area (Å²) < 4.78 is 42.5. The van der Waals surface area contributed by atoms with Gasteiger partial charge in [-0.1, -0.05) is 0 Å². The fraction of sp³-hybridized carbons (Fsp3) is 0.417. The molecule has 1 saturated carbocycles. The van der Waals surface area contributed by atoms with Crippen LogP contribution in [0.25, 0.3) is 0 Å². The van der Waals surface area contributed by atoms with E-state index in [0.29, 0.717) is 0 Å². The SMILES string of the molecule is Nc1cc(OCC(=O)NC2CC2)ccc1C(F)(F)F. The fourth-order valence-corrected chi connectivity index (χ4v) is 1.53. The van der Waals surface area contributed by atoms with Gasteiger partial charge < -0.3 is 15.8 Å². The minimum Gasteiger partial charge on any atom is -0.484 e. The average Bonchev–Trinajstić information content (AvgIpc) is 3.08. The van der Waals surface area contributed by atoms with Crippen LogP contribution in [0, 0.1) is 0 Å². The number of nitrogens with one attached hydrogen (secondary N) is 1. The lowest BCUT2D eigenvalue weighted by atomic mass is 10.1. The maximum atomic E-state index is 12.5. The summed E-state index contributed by atoms with van der Waals surface area (Å²) in [4.78, 5) is 11.3. The van der Waals surface area contributed by atoms with Crippen LogP contribution in [0.2, 0.25) is 0 Å². The number of hydrogen-bond acceptors (Lipinski definition) is 3. The summed E-state index contributed by atoms with van der Waals surface area (Å²) in [5.41, 5.74) is 3.97. The first-order chi connectivity index (χ1) is 8.86. The molecule has 0 radical (unpaired) electrons. The van der Waals surface area contributed by atoms with Gasteiger partial charge in [0, 0.05) is 17.8 Å². The first-order valence-corrected chi connectivity index (χ1v) is 5.75. The van der Waals surface area contributed by atoms with Crippen molar-refractivity contribution in [1.82, 2.24) is 5.32 Å². The number of hydrogen-bond donors (Lipinski definition) is 2. The van der Waals surface area contributed by atoms with Gasteiger partial charge in [0.1, 0.15) is 5.75 Å². The van der Waals surface area contributed by atoms with E-state index in [4.69, 9.17) is 10.5 Å². The van der Waals surface area contributed by atoms with Crippen molar-refractivity contribution in [3.63, 3.8) is 0 Å². The number of carbonyl (C=O) groups excluding carboxylic acids is 1. The molecule has 4 nitrogen and oxygen atoms in total. The minimum atomic E-state index is -4.49. The van der Waals surface area contributed by atoms with Crippen LogP contribution in [0.5, 0.6) is 5.75 Å². The third-order valence-electron chi connectivity index (χ3n) is 2.64. The Morgan fingerprint density at radius 1 is 1.42 bits per heavy atom. The van der Waals surface area contributed by atoms with Gasteiger partial charge in [-0.15, -0.1) is 0 Å². The van der Waals surface area contributed by atoms with E-state index in [1.165, 1.54) is 0 Å². The molecule has 1 aliphatic carbocycles. The monoisotopic (exact) mass is 274 g/mol. The number of benzene rings is 1. The van der Waals surface area contributed by atoms with Crippen molar-refractivity contribution >= 4 is 11.6 Å². The van der Waals surface area contributed by atoms with Crippen molar-refractivity contribution < 1.29 is 22.7 Å². The van der Waals surface area contributed by atoms with Gasteiger partial charge in [-0.2, -0.15) is 13.2 Å². The van der Waals surface area contributed by atoms with Crippen molar-refractivity contribution in [3.8, 4) is 5.75 Å². The zero-order chi connectivity index (χ0) is 14.0. The fourth-order valence-electron chi connectivity index (χ4n) is 1.53. The van der Waals surface area contributed by atoms with E-state index in [9.17, 15) is 18.0 Å². The highest BCUT2D eigenvalue weighted by atomic mass is 19.4. The van der Waals surface area contributed by atoms with Gasteiger partial charge in [0.2, 0.25) is 0 Å². The molecule has 3 N–H and O–H groups in total. The first kappa shape index (κ1) is 13.5. The number of nitrogen functional groups attached to an aromatic ring is 1. The number of anilines is 1. The second-order valence-electron chi connectivity index (χ2n) is 4.38. The van der Waals surface area contributed by atoms with Crippen LogP contribution in [-0.2, 0) is 11.0 Å². The minimum absolute atomic E-state index is 0.136. The smallest absolute Gasteiger partial charge is 0.418 e. The predicted octanol–water partition coefficient (Wildman–Crippen LogP) is 1.94. The maximum absolute atomic E-state index is 12.5. The van der Waals surface area contributed by atoms with Crippen molar-refractivity contribution in [2.24, 2.45) is 0 Å². The van der Waals surface area contributed by atoms with Crippen LogP contribution >= 0.6 is 0 Å². The largest absolute Gasteiger partial charge is 0.484 e. The Balaban J connectivity index is 1.94. The molecule has 0 unspecified atom stereocenters. The van der Waals surface area contributed by atoms with E-state index < -0.39 is 17.4 Å². The molecule has 0 atom stereocenters. The van der Waals surface area contributed by atoms with Crippen LogP contribution < -0.4 is 15.8 Å². The van der Waals surface area contributed by atoms with E-state index >= 15 is 0 Å². The van der Waals surface area contributed by atoms with E-state index in [-0.39, 0.29) is 24.3 Å². The quantitative estimate of drug-likeness (QED) is 0.825. The van der Waals surface area contributed by atoms with E-state index in [0.717, 1.165) is 31.0 Å². The molecule has 1 aromatic carbocycles. The van der Waals surface area contributed by atoms with E-state index in [1.54, 1.807) is 0 Å². The second kappa shape index (κ2) is 4.99. The van der Waals surface area contributed by atoms with Crippen molar-refractivity contribution in [2.45, 2.75) is 25.1 Å². The van der Waals surface area contributed by atoms with E-state index in [1.807, 2.05) is 0 Å². The van der Waals surface area contributed by atoms with Gasteiger partial charge in [0.15, 0.2) is 6.61 Å². The van der Waals surface area contributed by atoms with Crippen LogP contribution in [0.15, 0.2) is 18.2 Å². The Labute approximate surface area is 107 Å². The highest BCUT2D eigenvalue weighted by molar-refractivity contribution is 5.78. The topological polar surface area (TPSA) is 64.3 Å². The van der Waals surface area contributed by atoms with Crippen molar-refractivity contribution in [1.29, 1.82) is 0 Å². The molecule has 0 spiro atoms. The summed E-state index contributed by atoms with van der Waals surface area (Å²) in [6.45, 7) is -0.235. The molecular formula is C12H13F3N2O2. The Hall–Kier alpha value is -1.92. The number of halogens is 3. The summed E-state index contributed by atoms with van der Waals surface area (Å²) >= 11 is 0. The second-order valence-corrected chi connectivity index (χ2v) is 4.38. The number of carbonyl (C=O) groups is 1. The van der Waals surface area contributed by atoms with Gasteiger partial charge >= 0.3 is 6.18 Å². The van der Waals surface area contributed by atoms with Gasteiger partial charge in [-0.05, 0) is 25.0 Å². The lowest BCUT2D eigenvalue weighted by Gasteiger charge is -2.12. The normalized spacial score (nSPS) is 15.1. The molecule has 1 fully saturated rings. The molecule has 1 aromatic rings. The lowest BCUT2D eigenvalue weighted by molar-refractivity contribution is -0.137. The molecule has 0 saturated heterocycles. The van der Waals surface area contributed by atoms with Crippen LogP contribution in [0.4, 0.5) is 18.9 Å². The Kier molecular flexibility index (Phi) is 3.55. The molecule has 7 heteroatoms. The Morgan fingerprint density at radius 3 is 2.63 bits per heavy atom. The molecular weight excluding hydrogens is 261 g/mol. The highest BCUT2D eigenvalue weighted by Crippen LogP contribution is 2.35. The highest BCUT2D eigenvalue weighted by Gasteiger charge is 2.33. The van der Waals surface area contributed by atoms with Crippen molar-refractivity contribution in [3.05, 3.63) is 23.8 Å². The van der Waals surface area contributed by atoms with Crippen molar-refractivity contribution in [2.75, 3.05) is 12.3 Å². The molecule has 0 heterocycles. The zero-order valence-corrected chi connectivity index (χ0v) is 9.96. The standard InChI is InChI=1S/C12H13F3N2O2/c13-12(14,15)9-4-3-8(5-10(9)16)19-6-11(18)17-7-1-2-7/h3-5,7H,1-2,6,16H2,(H,17,18). The predicted molar refractivity (Wildman–Crippen MR) is 62.5 cm³/mol. The molecule has 1 aliphatic rings. The van der Waals surface area contributed by atoms with Crippen LogP contribution in [0.3, 0.4) is 0 Å². The molecule has 0 aliphatic heterocycles. The number of alkyl halides is 3. The van der Waals surface area contributed by atoms with Gasteiger partial charge in [0.05, 0.1) is 5.56 Å². The summed E-state index contributed by atoms with van der Waals surface area (Å²) in [6.07, 6.45) is -2.58. The summed E-state index contributed by atoms with van der Waals surface area (Å²) in [5.74, 6) is -0.155. The molecule has 1 amide bonds. The number of rotatable bonds is 4. The summed E-state index contributed by atoms with van der Waals surface area (Å²) in [6, 6.07) is 3.26. The lowest BCUT2D eigenvalue weighted by Crippen LogP contribution is -2.30.